The molecule has 0 aliphatic carbocycles. The van der Waals surface area contributed by atoms with Gasteiger partial charge in [-0.15, -0.1) is 11.3 Å². The lowest BCUT2D eigenvalue weighted by Crippen LogP contribution is -2.48. The zero-order valence-electron chi connectivity index (χ0n) is 15.6. The van der Waals surface area contributed by atoms with E-state index in [1.165, 1.54) is 29.2 Å². The van der Waals surface area contributed by atoms with Crippen molar-refractivity contribution >= 4 is 34.7 Å². The van der Waals surface area contributed by atoms with E-state index in [9.17, 15) is 14.4 Å². The first-order valence-corrected chi connectivity index (χ1v) is 11.3. The van der Waals surface area contributed by atoms with Crippen molar-refractivity contribution in [2.24, 2.45) is 5.18 Å². The largest absolute Gasteiger partial charge is 0.378 e. The molecular weight excluding hydrogens is 439 g/mol. The molecule has 11 heteroatoms. The van der Waals surface area contributed by atoms with E-state index in [1.54, 1.807) is 17.5 Å². The first-order valence-electron chi connectivity index (χ1n) is 9.09. The second-order valence-corrected chi connectivity index (χ2v) is 9.14. The number of halogens is 2. The van der Waals surface area contributed by atoms with E-state index in [0.717, 1.165) is 16.4 Å². The predicted molar refractivity (Wildman–Crippen MR) is 113 cm³/mol. The summed E-state index contributed by atoms with van der Waals surface area (Å²) in [7, 11) is 0. The number of hydrogen-bond acceptors (Lipinski definition) is 9. The lowest BCUT2D eigenvalue weighted by molar-refractivity contribution is -0.0351. The highest BCUT2D eigenvalue weighted by molar-refractivity contribution is 8.01. The van der Waals surface area contributed by atoms with Gasteiger partial charge in [0.05, 0.1) is 23.4 Å². The quantitative estimate of drug-likeness (QED) is 0.320. The molecule has 1 aliphatic rings. The molecule has 0 bridgehead atoms. The third kappa shape index (κ3) is 7.25. The Morgan fingerprint density at radius 3 is 3.21 bits per heavy atom. The van der Waals surface area contributed by atoms with Crippen molar-refractivity contribution in [2.45, 2.75) is 29.8 Å². The number of aliphatic hydroxyl groups excluding tert-OH is 1. The van der Waals surface area contributed by atoms with E-state index in [0.29, 0.717) is 37.7 Å². The molecule has 2 N–H and O–H groups in total. The van der Waals surface area contributed by atoms with Crippen LogP contribution >= 0.6 is 34.7 Å². The highest BCUT2D eigenvalue weighted by atomic mass is 35.5. The zero-order valence-corrected chi connectivity index (χ0v) is 18.0. The highest BCUT2D eigenvalue weighted by Gasteiger charge is 2.21. The van der Waals surface area contributed by atoms with Crippen LogP contribution in [-0.2, 0) is 17.8 Å². The number of hydrogen-bond donors (Lipinski definition) is 2. The highest BCUT2D eigenvalue weighted by Crippen LogP contribution is 2.23. The molecule has 0 amide bonds. The number of thioether (sulfide) groups is 1. The van der Waals surface area contributed by atoms with Gasteiger partial charge >= 0.3 is 0 Å². The van der Waals surface area contributed by atoms with E-state index in [2.05, 4.69) is 20.4 Å². The summed E-state index contributed by atoms with van der Waals surface area (Å²) in [5.74, 6) is 0.0205. The minimum atomic E-state index is -0.702. The maximum atomic E-state index is 13.3. The molecule has 0 radical (unpaired) electrons. The number of thiazole rings is 1. The number of morpholine rings is 1. The molecule has 29 heavy (non-hydrogen) atoms. The van der Waals surface area contributed by atoms with Crippen molar-refractivity contribution in [3.63, 3.8) is 0 Å². The Morgan fingerprint density at radius 2 is 2.41 bits per heavy atom. The van der Waals surface area contributed by atoms with Crippen molar-refractivity contribution in [3.8, 4) is 0 Å². The molecular formula is C18H22ClFN4O3S2. The topological polar surface area (TPSA) is 87.0 Å². The van der Waals surface area contributed by atoms with Crippen molar-refractivity contribution in [2.75, 3.05) is 32.0 Å². The fourth-order valence-corrected chi connectivity index (χ4v) is 4.87. The predicted octanol–water partition coefficient (Wildman–Crippen LogP) is 3.10. The van der Waals surface area contributed by atoms with Crippen LogP contribution in [0.4, 0.5) is 4.39 Å². The smallest absolute Gasteiger partial charge is 0.150 e. The minimum absolute atomic E-state index is 0.0514. The second-order valence-electron chi connectivity index (χ2n) is 6.60. The minimum Gasteiger partial charge on any atom is -0.378 e. The first kappa shape index (κ1) is 22.5. The average Bonchev–Trinajstić information content (AvgIpc) is 3.16. The van der Waals surface area contributed by atoms with Crippen LogP contribution in [0.3, 0.4) is 0 Å². The summed E-state index contributed by atoms with van der Waals surface area (Å²) in [6, 6.07) is 4.77. The molecule has 1 fully saturated rings. The molecule has 1 unspecified atom stereocenters. The summed E-state index contributed by atoms with van der Waals surface area (Å²) in [5, 5.41) is 18.0. The summed E-state index contributed by atoms with van der Waals surface area (Å²) < 4.78 is 19.9. The average molecular weight is 461 g/mol. The van der Waals surface area contributed by atoms with Gasteiger partial charge in [0, 0.05) is 37.3 Å². The normalized spacial score (nSPS) is 18.7. The van der Waals surface area contributed by atoms with Gasteiger partial charge in [-0.3, -0.25) is 10.2 Å². The molecule has 1 saturated heterocycles. The molecule has 0 saturated carbocycles. The molecule has 2 heterocycles. The Kier molecular flexibility index (Phi) is 8.79. The van der Waals surface area contributed by atoms with Crippen molar-refractivity contribution in [3.05, 3.63) is 50.6 Å². The first-order chi connectivity index (χ1) is 14.0. The van der Waals surface area contributed by atoms with Crippen molar-refractivity contribution in [1.82, 2.24) is 15.2 Å². The van der Waals surface area contributed by atoms with Crippen molar-refractivity contribution in [1.29, 1.82) is 0 Å². The van der Waals surface area contributed by atoms with Gasteiger partial charge in [0.1, 0.15) is 22.9 Å². The Balaban J connectivity index is 1.39. The third-order valence-corrected chi connectivity index (χ3v) is 6.75. The van der Waals surface area contributed by atoms with E-state index < -0.39 is 12.0 Å². The van der Waals surface area contributed by atoms with Crippen LogP contribution in [0.25, 0.3) is 0 Å². The molecule has 1 aromatic carbocycles. The van der Waals surface area contributed by atoms with E-state index in [4.69, 9.17) is 16.3 Å². The Bertz CT molecular complexity index is 813. The van der Waals surface area contributed by atoms with Gasteiger partial charge < -0.3 is 9.84 Å². The molecule has 0 spiro atoms. The van der Waals surface area contributed by atoms with Crippen LogP contribution in [-0.4, -0.2) is 59.3 Å². The van der Waals surface area contributed by atoms with Crippen LogP contribution in [0, 0.1) is 10.7 Å². The van der Waals surface area contributed by atoms with Crippen LogP contribution in [0.5, 0.6) is 0 Å². The van der Waals surface area contributed by atoms with Gasteiger partial charge in [-0.25, -0.2) is 9.37 Å². The lowest BCUT2D eigenvalue weighted by atomic mass is 10.2. The summed E-state index contributed by atoms with van der Waals surface area (Å²) in [5.41, 5.74) is 1.60. The Labute approximate surface area is 181 Å². The standard InChI is InChI=1S/C18H22ClFN4O3S2/c19-15-5-12(1-2-16(15)20)8-24-3-4-27-14(9-24)7-21-17(25)11-29-18-23-13(6-22-26)10-28-18/h1-2,5,10,14,17,21,25H,3-4,6-9,11H2/t14-,17?/m0/s1. The lowest BCUT2D eigenvalue weighted by Gasteiger charge is -2.33. The molecule has 2 atom stereocenters. The fraction of sp³-hybridized carbons (Fsp3) is 0.500. The number of nitroso groups, excluding NO2 is 1. The molecule has 1 aromatic heterocycles. The molecule has 2 aromatic rings. The van der Waals surface area contributed by atoms with Gasteiger partial charge in [-0.05, 0) is 17.7 Å². The summed E-state index contributed by atoms with van der Waals surface area (Å²) in [6.45, 7) is 3.33. The van der Waals surface area contributed by atoms with Crippen LogP contribution in [0.15, 0.2) is 33.1 Å². The van der Waals surface area contributed by atoms with Crippen LogP contribution in [0.2, 0.25) is 5.02 Å². The number of aliphatic hydroxyl groups is 1. The molecule has 158 valence electrons. The maximum absolute atomic E-state index is 13.3. The number of ether oxygens (including phenoxy) is 1. The second kappa shape index (κ2) is 11.3. The van der Waals surface area contributed by atoms with E-state index >= 15 is 0 Å². The van der Waals surface area contributed by atoms with E-state index in [1.807, 2.05) is 0 Å². The molecule has 3 rings (SSSR count). The fourth-order valence-electron chi connectivity index (χ4n) is 2.91. The Hall–Kier alpha value is -1.14. The van der Waals surface area contributed by atoms with Gasteiger partial charge in [-0.2, -0.15) is 4.91 Å². The third-order valence-electron chi connectivity index (χ3n) is 4.32. The SMILES string of the molecule is O=NCc1csc(SCC(O)NC[C@H]2CN(Cc3ccc(F)c(Cl)c3)CCO2)n1. The number of aromatic nitrogens is 1. The monoisotopic (exact) mass is 460 g/mol. The zero-order chi connectivity index (χ0) is 20.6. The van der Waals surface area contributed by atoms with Crippen LogP contribution < -0.4 is 5.32 Å². The van der Waals surface area contributed by atoms with Crippen LogP contribution in [0.1, 0.15) is 11.3 Å². The number of nitrogens with one attached hydrogen (secondary N) is 1. The summed E-state index contributed by atoms with van der Waals surface area (Å²) >= 11 is 8.71. The van der Waals surface area contributed by atoms with Crippen molar-refractivity contribution < 1.29 is 14.2 Å². The summed E-state index contributed by atoms with van der Waals surface area (Å²) in [4.78, 5) is 16.7. The van der Waals surface area contributed by atoms with E-state index in [-0.39, 0.29) is 17.7 Å². The molecule has 7 nitrogen and oxygen atoms in total. The van der Waals surface area contributed by atoms with Gasteiger partial charge in [0.2, 0.25) is 0 Å². The molecule has 1 aliphatic heterocycles. The summed E-state index contributed by atoms with van der Waals surface area (Å²) in [6.07, 6.45) is -0.754. The number of nitrogens with zero attached hydrogens (tertiary/aromatic N) is 3. The van der Waals surface area contributed by atoms with Gasteiger partial charge in [0.25, 0.3) is 0 Å². The number of rotatable bonds is 10. The number of benzene rings is 1. The Morgan fingerprint density at radius 1 is 1.55 bits per heavy atom. The maximum Gasteiger partial charge on any atom is 0.150 e. The van der Waals surface area contributed by atoms with Gasteiger partial charge in [-0.1, -0.05) is 34.6 Å². The van der Waals surface area contributed by atoms with Gasteiger partial charge in [0.15, 0.2) is 0 Å².